The third-order valence-electron chi connectivity index (χ3n) is 4.49. The molecule has 0 spiro atoms. The number of nitrogens with zero attached hydrogens (tertiary/aromatic N) is 1. The summed E-state index contributed by atoms with van der Waals surface area (Å²) in [5, 5.41) is 16.3. The van der Waals surface area contributed by atoms with E-state index < -0.39 is 23.0 Å². The zero-order valence-electron chi connectivity index (χ0n) is 26.1. The third kappa shape index (κ3) is 38.2. The first-order valence-electron chi connectivity index (χ1n) is 12.1. The summed E-state index contributed by atoms with van der Waals surface area (Å²) < 4.78 is 9.12. The van der Waals surface area contributed by atoms with Crippen molar-refractivity contribution in [1.29, 1.82) is 0 Å². The van der Waals surface area contributed by atoms with Gasteiger partial charge in [0.2, 0.25) is 12.3 Å². The van der Waals surface area contributed by atoms with E-state index in [1.165, 1.54) is 6.08 Å². The fraction of sp³-hybridized carbons (Fsp3) is 0.629. The van der Waals surface area contributed by atoms with Crippen molar-refractivity contribution in [3.05, 3.63) is 52.5 Å². The second-order valence-corrected chi connectivity index (χ2v) is 9.39. The molecule has 3 unspecified atom stereocenters. The summed E-state index contributed by atoms with van der Waals surface area (Å²) >= 11 is 0. The number of hydroxylamine groups is 2. The molecular weight excluding hydrogens is 693 g/mol. The number of nitrogens with one attached hydrogen (secondary N) is 3. The molecule has 13 heteroatoms. The van der Waals surface area contributed by atoms with Gasteiger partial charge in [0, 0.05) is 39.3 Å². The molecule has 0 aromatic carbocycles. The molecule has 0 aromatic heterocycles. The van der Waals surface area contributed by atoms with Crippen LogP contribution < -0.4 is 16.0 Å². The van der Waals surface area contributed by atoms with E-state index in [4.69, 9.17) is 9.94 Å². The van der Waals surface area contributed by atoms with Crippen molar-refractivity contribution >= 4 is 30.0 Å². The minimum Gasteiger partial charge on any atom is -0.553 e. The summed E-state index contributed by atoms with van der Waals surface area (Å²) in [6, 6.07) is -0.745. The number of epoxide rings is 1. The van der Waals surface area contributed by atoms with Gasteiger partial charge in [-0.3, -0.25) is 29.7 Å². The number of allylic oxidation sites excluding steroid dienone is 2. The van der Waals surface area contributed by atoms with Gasteiger partial charge in [-0.05, 0) is 55.4 Å². The van der Waals surface area contributed by atoms with Gasteiger partial charge in [-0.2, -0.15) is 0 Å². The molecule has 3 aliphatic heterocycles. The number of hydrogen-bond donors (Lipinski definition) is 4. The van der Waals surface area contributed by atoms with E-state index in [1.54, 1.807) is 46.8 Å². The summed E-state index contributed by atoms with van der Waals surface area (Å²) in [5.74, 6) is -1.26. The molecule has 3 fully saturated rings. The summed E-state index contributed by atoms with van der Waals surface area (Å²) in [5.41, 5.74) is -1.44. The first kappa shape index (κ1) is 80.4. The topological polar surface area (TPSA) is 167 Å². The standard InChI is InChI=1S/C8H11NO2.C5H8N2O2.C5H10NO3.C3H6O.2C3H6.7CH4.CH3.Y/c1-4-5-6(10)8(2,3)9-7(5)11;1-5(2)3(8)6-4(9)7-5;1-5(3-9-2)6(8)4-7;1-3-2-4-3;2*1-3-2;;;;;;;;;/h4-5H,1H2,2-3H3,(H,9,11);1-2H3,(H2,6,7,8,9);4-5,8H,2-3H2,1H3;3H,2H2,1H3;2*3H,1H2,2H3;7*1H4;1H3;/q;;-1;;;;;;;;;;;-1;. The van der Waals surface area contributed by atoms with E-state index in [9.17, 15) is 24.0 Å². The Labute approximate surface area is 323 Å². The Hall–Kier alpha value is -2.25. The van der Waals surface area contributed by atoms with Crippen LogP contribution in [0.3, 0.4) is 0 Å². The number of Topliss-reactive ketones (excluding diaryl/α,β-unsaturated/α-hetero) is 1. The van der Waals surface area contributed by atoms with Crippen molar-refractivity contribution < 1.29 is 71.4 Å². The van der Waals surface area contributed by atoms with Gasteiger partial charge in [0.1, 0.15) is 11.5 Å². The molecule has 3 rings (SSSR count). The van der Waals surface area contributed by atoms with E-state index >= 15 is 0 Å². The maximum Gasteiger partial charge on any atom is 0.322 e. The maximum atomic E-state index is 11.3. The predicted octanol–water partition coefficient (Wildman–Crippen LogP) is 7.59. The fourth-order valence-electron chi connectivity index (χ4n) is 2.25. The van der Waals surface area contributed by atoms with Crippen molar-refractivity contribution in [2.75, 3.05) is 13.2 Å². The van der Waals surface area contributed by atoms with Gasteiger partial charge in [0.15, 0.2) is 5.78 Å². The number of amides is 5. The Kier molecular flexibility index (Phi) is 71.7. The van der Waals surface area contributed by atoms with Crippen LogP contribution in [0.25, 0.3) is 0 Å². The molecule has 0 aliphatic carbocycles. The smallest absolute Gasteiger partial charge is 0.322 e. The van der Waals surface area contributed by atoms with Crippen LogP contribution in [-0.2, 0) is 61.4 Å². The van der Waals surface area contributed by atoms with Gasteiger partial charge in [-0.1, -0.05) is 70.2 Å². The fourth-order valence-corrected chi connectivity index (χ4v) is 2.25. The van der Waals surface area contributed by atoms with E-state index in [-0.39, 0.29) is 122 Å². The number of imide groups is 1. The van der Waals surface area contributed by atoms with Crippen LogP contribution in [0, 0.1) is 20.5 Å². The van der Waals surface area contributed by atoms with Crippen LogP contribution in [0.4, 0.5) is 4.79 Å². The molecule has 3 saturated heterocycles. The molecule has 0 aromatic rings. The van der Waals surface area contributed by atoms with Gasteiger partial charge >= 0.3 is 6.03 Å². The van der Waals surface area contributed by atoms with Crippen molar-refractivity contribution in [3.8, 4) is 0 Å². The molecule has 0 bridgehead atoms. The van der Waals surface area contributed by atoms with Gasteiger partial charge in [-0.15, -0.1) is 19.7 Å². The molecule has 3 atom stereocenters. The van der Waals surface area contributed by atoms with Crippen molar-refractivity contribution in [1.82, 2.24) is 21.0 Å². The van der Waals surface area contributed by atoms with Gasteiger partial charge in [0.05, 0.1) is 24.3 Å². The first-order valence-corrected chi connectivity index (χ1v) is 12.1. The molecule has 12 nitrogen and oxygen atoms in total. The summed E-state index contributed by atoms with van der Waals surface area (Å²) in [4.78, 5) is 53.3. The molecule has 3 heterocycles. The van der Waals surface area contributed by atoms with Crippen molar-refractivity contribution in [3.63, 3.8) is 0 Å². The summed E-state index contributed by atoms with van der Waals surface area (Å²) in [7, 11) is 3.09. The molecule has 48 heavy (non-hydrogen) atoms. The van der Waals surface area contributed by atoms with E-state index in [1.807, 2.05) is 13.8 Å². The molecule has 5 amide bonds. The molecular formula is C35H78N4O8Y-2. The van der Waals surface area contributed by atoms with Crippen LogP contribution >= 0.6 is 0 Å². The van der Waals surface area contributed by atoms with Crippen molar-refractivity contribution in [2.45, 2.75) is 131 Å². The van der Waals surface area contributed by atoms with E-state index in [0.29, 0.717) is 17.6 Å². The van der Waals surface area contributed by atoms with Crippen LogP contribution in [0.1, 0.15) is 107 Å². The normalized spacial score (nSPS) is 17.1. The monoisotopic (exact) mass is 771 g/mol. The van der Waals surface area contributed by atoms with E-state index in [2.05, 4.69) is 54.5 Å². The number of ketones is 1. The van der Waals surface area contributed by atoms with Crippen LogP contribution in [0.15, 0.2) is 38.0 Å². The Morgan fingerprint density at radius 1 is 0.958 bits per heavy atom. The zero-order chi connectivity index (χ0) is 31.4. The number of rotatable bonds is 5. The third-order valence-corrected chi connectivity index (χ3v) is 4.49. The predicted molar refractivity (Wildman–Crippen MR) is 203 cm³/mol. The number of ether oxygens (including phenoxy) is 2. The molecule has 1 radical (unpaired) electrons. The van der Waals surface area contributed by atoms with Crippen LogP contribution in [-0.4, -0.2) is 76.7 Å². The maximum absolute atomic E-state index is 11.3. The molecule has 291 valence electrons. The Morgan fingerprint density at radius 3 is 1.44 bits per heavy atom. The largest absolute Gasteiger partial charge is 0.553 e. The van der Waals surface area contributed by atoms with Gasteiger partial charge in [0.25, 0.3) is 5.91 Å². The average Bonchev–Trinajstić information content (AvgIpc) is 3.53. The number of carbonyl (C=O) groups is 5. The van der Waals surface area contributed by atoms with Crippen LogP contribution in [0.5, 0.6) is 0 Å². The molecule has 3 aliphatic rings. The minimum atomic E-state index is -0.725. The number of carbonyl (C=O) groups excluding carboxylic acids is 5. The summed E-state index contributed by atoms with van der Waals surface area (Å²) in [6.45, 7) is 25.5. The second kappa shape index (κ2) is 42.8. The number of hydrogen-bond acceptors (Lipinski definition) is 8. The Morgan fingerprint density at radius 2 is 1.31 bits per heavy atom. The second-order valence-electron chi connectivity index (χ2n) is 9.39. The minimum absolute atomic E-state index is 0. The van der Waals surface area contributed by atoms with Gasteiger partial charge < -0.3 is 27.5 Å². The molecule has 4 N–H and O–H groups in total. The van der Waals surface area contributed by atoms with Crippen molar-refractivity contribution in [2.24, 2.45) is 5.92 Å². The van der Waals surface area contributed by atoms with Crippen LogP contribution in [0.2, 0.25) is 0 Å². The molecule has 0 saturated carbocycles. The Balaban J connectivity index is -0.0000000329. The van der Waals surface area contributed by atoms with Gasteiger partial charge in [-0.25, -0.2) is 17.0 Å². The zero-order valence-corrected chi connectivity index (χ0v) is 29.0. The summed E-state index contributed by atoms with van der Waals surface area (Å²) in [6.07, 6.45) is 5.79. The van der Waals surface area contributed by atoms with E-state index in [0.717, 1.165) is 6.61 Å². The Bertz CT molecular complexity index is 827. The average molecular weight is 772 g/mol. The number of urea groups is 1. The SMILES string of the molecule is C.C.C.C.C.C.C.C=CC.C=CC.C=CC1C(=O)NC(C)(C)C1=O.CC1(C)NC(=O)NC1=O.CC1CO1.[CH2-]OCC(C)N(O)C=O.[CH3-].[Y]. The first-order chi connectivity index (χ1) is 17.9. The quantitative estimate of drug-likeness (QED) is 0.0324.